The SMILES string of the molecule is FC(F)(F)Br.O=C1NCCN1c1ccccc1. The number of anilines is 1. The van der Waals surface area contributed by atoms with Crippen LogP contribution < -0.4 is 10.2 Å². The highest BCUT2D eigenvalue weighted by molar-refractivity contribution is 9.09. The fourth-order valence-electron chi connectivity index (χ4n) is 1.33. The van der Waals surface area contributed by atoms with Gasteiger partial charge >= 0.3 is 11.1 Å². The van der Waals surface area contributed by atoms with Gasteiger partial charge in [0.15, 0.2) is 0 Å². The molecule has 2 amide bonds. The number of hydrogen-bond donors (Lipinski definition) is 1. The lowest BCUT2D eigenvalue weighted by Crippen LogP contribution is -2.27. The van der Waals surface area contributed by atoms with Crippen molar-refractivity contribution in [2.24, 2.45) is 0 Å². The first-order valence-electron chi connectivity index (χ1n) is 4.74. The molecule has 0 atom stereocenters. The highest BCUT2D eigenvalue weighted by atomic mass is 79.9. The number of alkyl halides is 4. The van der Waals surface area contributed by atoms with E-state index in [4.69, 9.17) is 0 Å². The summed E-state index contributed by atoms with van der Waals surface area (Å²) in [6, 6.07) is 9.68. The number of urea groups is 1. The van der Waals surface area contributed by atoms with Gasteiger partial charge in [-0.1, -0.05) is 18.2 Å². The van der Waals surface area contributed by atoms with Gasteiger partial charge in [-0.2, -0.15) is 13.2 Å². The van der Waals surface area contributed by atoms with Crippen LogP contribution in [0.4, 0.5) is 23.7 Å². The van der Waals surface area contributed by atoms with Crippen LogP contribution in [0.1, 0.15) is 0 Å². The molecule has 0 aliphatic carbocycles. The van der Waals surface area contributed by atoms with E-state index in [0.29, 0.717) is 0 Å². The van der Waals surface area contributed by atoms with Crippen LogP contribution in [0.2, 0.25) is 0 Å². The Morgan fingerprint density at radius 1 is 1.24 bits per heavy atom. The highest BCUT2D eigenvalue weighted by Gasteiger charge is 2.20. The van der Waals surface area contributed by atoms with Crippen molar-refractivity contribution in [1.82, 2.24) is 5.32 Å². The number of hydrogen-bond acceptors (Lipinski definition) is 1. The molecule has 1 heterocycles. The van der Waals surface area contributed by atoms with E-state index in [-0.39, 0.29) is 6.03 Å². The molecule has 0 saturated carbocycles. The molecule has 0 spiro atoms. The summed E-state index contributed by atoms with van der Waals surface area (Å²) in [6.07, 6.45) is 0. The van der Waals surface area contributed by atoms with Crippen molar-refractivity contribution in [3.8, 4) is 0 Å². The molecule has 1 aliphatic heterocycles. The van der Waals surface area contributed by atoms with Crippen LogP contribution in [-0.2, 0) is 0 Å². The first kappa shape index (κ1) is 13.8. The number of nitrogens with one attached hydrogen (secondary N) is 1. The number of rotatable bonds is 1. The van der Waals surface area contributed by atoms with Crippen LogP contribution in [0.3, 0.4) is 0 Å². The van der Waals surface area contributed by atoms with Gasteiger partial charge in [0.05, 0.1) is 0 Å². The molecule has 7 heteroatoms. The summed E-state index contributed by atoms with van der Waals surface area (Å²) >= 11 is 1.38. The topological polar surface area (TPSA) is 32.3 Å². The summed E-state index contributed by atoms with van der Waals surface area (Å²) in [5, 5.41) is -1.43. The fraction of sp³-hybridized carbons (Fsp3) is 0.300. The molecule has 1 aromatic carbocycles. The maximum absolute atomic E-state index is 11.2. The minimum atomic E-state index is -4.19. The smallest absolute Gasteiger partial charge is 0.336 e. The van der Waals surface area contributed by atoms with Crippen LogP contribution >= 0.6 is 15.9 Å². The minimum Gasteiger partial charge on any atom is -0.336 e. The van der Waals surface area contributed by atoms with E-state index in [1.165, 1.54) is 15.9 Å². The Balaban J connectivity index is 0.000000249. The van der Waals surface area contributed by atoms with Crippen molar-refractivity contribution >= 4 is 27.6 Å². The van der Waals surface area contributed by atoms with Crippen molar-refractivity contribution in [3.63, 3.8) is 0 Å². The third-order valence-corrected chi connectivity index (χ3v) is 1.92. The van der Waals surface area contributed by atoms with Crippen molar-refractivity contribution in [3.05, 3.63) is 30.3 Å². The number of amides is 2. The fourth-order valence-corrected chi connectivity index (χ4v) is 1.33. The normalized spacial score (nSPS) is 15.1. The molecule has 0 bridgehead atoms. The summed E-state index contributed by atoms with van der Waals surface area (Å²) in [4.78, 5) is 12.9. The lowest BCUT2D eigenvalue weighted by atomic mass is 10.3. The van der Waals surface area contributed by atoms with Crippen LogP contribution in [-0.4, -0.2) is 24.2 Å². The Morgan fingerprint density at radius 2 is 1.76 bits per heavy atom. The van der Waals surface area contributed by atoms with Crippen LogP contribution in [0, 0.1) is 0 Å². The zero-order valence-electron chi connectivity index (χ0n) is 8.67. The summed E-state index contributed by atoms with van der Waals surface area (Å²) < 4.78 is 30.8. The van der Waals surface area contributed by atoms with E-state index < -0.39 is 5.09 Å². The largest absolute Gasteiger partial charge is 0.448 e. The first-order chi connectivity index (χ1) is 7.88. The number of benzene rings is 1. The van der Waals surface area contributed by atoms with Crippen LogP contribution in [0.5, 0.6) is 0 Å². The summed E-state index contributed by atoms with van der Waals surface area (Å²) in [6.45, 7) is 1.51. The summed E-state index contributed by atoms with van der Waals surface area (Å²) in [7, 11) is 0. The average molecular weight is 311 g/mol. The van der Waals surface area contributed by atoms with Crippen molar-refractivity contribution < 1.29 is 18.0 Å². The van der Waals surface area contributed by atoms with E-state index in [1.54, 1.807) is 4.90 Å². The molecular weight excluding hydrogens is 301 g/mol. The number of nitrogens with zero attached hydrogens (tertiary/aromatic N) is 1. The minimum absolute atomic E-state index is 0.00111. The quantitative estimate of drug-likeness (QED) is 0.794. The van der Waals surface area contributed by atoms with Crippen molar-refractivity contribution in [2.45, 2.75) is 5.09 Å². The van der Waals surface area contributed by atoms with Gasteiger partial charge in [-0.3, -0.25) is 4.90 Å². The molecule has 1 aromatic rings. The molecule has 1 N–H and O–H groups in total. The number of carbonyl (C=O) groups is 1. The van der Waals surface area contributed by atoms with Gasteiger partial charge in [0.1, 0.15) is 0 Å². The Morgan fingerprint density at radius 3 is 2.18 bits per heavy atom. The second kappa shape index (κ2) is 5.90. The van der Waals surface area contributed by atoms with Crippen molar-refractivity contribution in [1.29, 1.82) is 0 Å². The monoisotopic (exact) mass is 310 g/mol. The Labute approximate surface area is 105 Å². The molecule has 0 radical (unpaired) electrons. The summed E-state index contributed by atoms with van der Waals surface area (Å²) in [5.74, 6) is 0. The third-order valence-electron chi connectivity index (χ3n) is 1.92. The first-order valence-corrected chi connectivity index (χ1v) is 5.53. The van der Waals surface area contributed by atoms with Gasteiger partial charge in [0, 0.05) is 34.7 Å². The van der Waals surface area contributed by atoms with E-state index in [1.807, 2.05) is 30.3 Å². The Hall–Kier alpha value is -1.24. The average Bonchev–Trinajstić information content (AvgIpc) is 2.63. The van der Waals surface area contributed by atoms with Crippen molar-refractivity contribution in [2.75, 3.05) is 18.0 Å². The third kappa shape index (κ3) is 5.58. The van der Waals surface area contributed by atoms with Gasteiger partial charge in [-0.25, -0.2) is 4.79 Å². The summed E-state index contributed by atoms with van der Waals surface area (Å²) in [5.41, 5.74) is 0.965. The van der Waals surface area contributed by atoms with Gasteiger partial charge in [0.25, 0.3) is 0 Å². The van der Waals surface area contributed by atoms with Gasteiger partial charge < -0.3 is 5.32 Å². The highest BCUT2D eigenvalue weighted by Crippen LogP contribution is 2.21. The maximum Gasteiger partial charge on any atom is 0.448 e. The second-order valence-electron chi connectivity index (χ2n) is 3.15. The predicted octanol–water partition coefficient (Wildman–Crippen LogP) is 3.12. The number of carbonyl (C=O) groups excluding carboxylic acids is 1. The van der Waals surface area contributed by atoms with Gasteiger partial charge in [-0.15, -0.1) is 0 Å². The molecule has 1 aliphatic rings. The standard InChI is InChI=1S/C9H10N2O.CBrF3/c12-9-10-6-7-11(9)8-4-2-1-3-5-8;2-1(3,4)5/h1-5H,6-7H2,(H,10,12);. The molecule has 1 saturated heterocycles. The molecule has 0 unspecified atom stereocenters. The molecule has 3 nitrogen and oxygen atoms in total. The molecule has 1 fully saturated rings. The zero-order valence-corrected chi connectivity index (χ0v) is 10.3. The van der Waals surface area contributed by atoms with Crippen LogP contribution in [0.15, 0.2) is 30.3 Å². The molecule has 17 heavy (non-hydrogen) atoms. The molecule has 94 valence electrons. The molecule has 0 aromatic heterocycles. The molecule has 2 rings (SSSR count). The second-order valence-corrected chi connectivity index (χ2v) is 4.05. The predicted molar refractivity (Wildman–Crippen MR) is 62.2 cm³/mol. The van der Waals surface area contributed by atoms with E-state index >= 15 is 0 Å². The maximum atomic E-state index is 11.2. The van der Waals surface area contributed by atoms with Gasteiger partial charge in [0.2, 0.25) is 0 Å². The molecular formula is C10H10BrF3N2O. The van der Waals surface area contributed by atoms with E-state index in [0.717, 1.165) is 18.8 Å². The number of halogens is 4. The van der Waals surface area contributed by atoms with E-state index in [9.17, 15) is 18.0 Å². The van der Waals surface area contributed by atoms with Gasteiger partial charge in [-0.05, 0) is 12.1 Å². The number of para-hydroxylation sites is 1. The van der Waals surface area contributed by atoms with E-state index in [2.05, 4.69) is 5.32 Å². The zero-order chi connectivity index (χ0) is 12.9. The lowest BCUT2D eigenvalue weighted by molar-refractivity contribution is -0.0245. The Kier molecular flexibility index (Phi) is 4.80. The Bertz CT molecular complexity index is 364. The van der Waals surface area contributed by atoms with Crippen LogP contribution in [0.25, 0.3) is 0 Å². The lowest BCUT2D eigenvalue weighted by Gasteiger charge is -2.12.